The van der Waals surface area contributed by atoms with Gasteiger partial charge in [-0.25, -0.2) is 4.79 Å². The zero-order valence-electron chi connectivity index (χ0n) is 14.3. The van der Waals surface area contributed by atoms with Crippen molar-refractivity contribution in [3.8, 4) is 0 Å². The SMILES string of the molecule is Cc1c(C(=O)Nc2ccc(NC(=O)NC3CC3)cc2)oc2ccccc12. The molecule has 1 aliphatic rings. The predicted octanol–water partition coefficient (Wildman–Crippen LogP) is 4.28. The highest BCUT2D eigenvalue weighted by Crippen LogP contribution is 2.26. The molecule has 1 saturated carbocycles. The third kappa shape index (κ3) is 3.39. The van der Waals surface area contributed by atoms with Crippen LogP contribution in [0.15, 0.2) is 52.9 Å². The van der Waals surface area contributed by atoms with E-state index in [-0.39, 0.29) is 11.9 Å². The first-order valence-corrected chi connectivity index (χ1v) is 8.57. The topological polar surface area (TPSA) is 83.4 Å². The number of urea groups is 1. The molecule has 0 aliphatic heterocycles. The molecule has 4 rings (SSSR count). The van der Waals surface area contributed by atoms with Crippen molar-refractivity contribution in [1.29, 1.82) is 0 Å². The minimum absolute atomic E-state index is 0.206. The summed E-state index contributed by atoms with van der Waals surface area (Å²) in [6, 6.07) is 14.6. The van der Waals surface area contributed by atoms with Crippen molar-refractivity contribution >= 4 is 34.3 Å². The van der Waals surface area contributed by atoms with Gasteiger partial charge in [0.1, 0.15) is 5.58 Å². The lowest BCUT2D eigenvalue weighted by atomic mass is 10.1. The van der Waals surface area contributed by atoms with E-state index in [1.807, 2.05) is 31.2 Å². The van der Waals surface area contributed by atoms with Crippen molar-refractivity contribution in [2.75, 3.05) is 10.6 Å². The summed E-state index contributed by atoms with van der Waals surface area (Å²) < 4.78 is 5.67. The van der Waals surface area contributed by atoms with Gasteiger partial charge in [-0.15, -0.1) is 0 Å². The molecule has 26 heavy (non-hydrogen) atoms. The van der Waals surface area contributed by atoms with Crippen LogP contribution in [0.5, 0.6) is 0 Å². The molecule has 1 aromatic heterocycles. The first-order valence-electron chi connectivity index (χ1n) is 8.57. The second-order valence-corrected chi connectivity index (χ2v) is 6.46. The lowest BCUT2D eigenvalue weighted by molar-refractivity contribution is 0.0998. The number of para-hydroxylation sites is 1. The molecule has 0 spiro atoms. The number of carbonyl (C=O) groups excluding carboxylic acids is 2. The summed E-state index contributed by atoms with van der Waals surface area (Å²) >= 11 is 0. The maximum atomic E-state index is 12.5. The number of benzene rings is 2. The van der Waals surface area contributed by atoms with Gasteiger partial charge < -0.3 is 20.4 Å². The van der Waals surface area contributed by atoms with Gasteiger partial charge in [0.2, 0.25) is 0 Å². The zero-order valence-corrected chi connectivity index (χ0v) is 14.3. The fourth-order valence-electron chi connectivity index (χ4n) is 2.80. The molecule has 6 nitrogen and oxygen atoms in total. The zero-order chi connectivity index (χ0) is 18.1. The average Bonchev–Trinajstić information content (AvgIpc) is 3.38. The van der Waals surface area contributed by atoms with E-state index in [1.54, 1.807) is 24.3 Å². The van der Waals surface area contributed by atoms with Crippen molar-refractivity contribution in [3.05, 3.63) is 59.9 Å². The van der Waals surface area contributed by atoms with Crippen LogP contribution in [-0.4, -0.2) is 18.0 Å². The van der Waals surface area contributed by atoms with Crippen LogP contribution in [0.2, 0.25) is 0 Å². The Balaban J connectivity index is 1.43. The average molecular weight is 349 g/mol. The van der Waals surface area contributed by atoms with Gasteiger partial charge in [0, 0.05) is 28.4 Å². The normalized spacial score (nSPS) is 13.4. The Labute approximate surface area is 150 Å². The molecule has 0 atom stereocenters. The molecule has 1 heterocycles. The number of amides is 3. The lowest BCUT2D eigenvalue weighted by Crippen LogP contribution is -2.30. The molecular weight excluding hydrogens is 330 g/mol. The molecule has 6 heteroatoms. The van der Waals surface area contributed by atoms with E-state index in [0.29, 0.717) is 28.8 Å². The van der Waals surface area contributed by atoms with Crippen molar-refractivity contribution in [3.63, 3.8) is 0 Å². The van der Waals surface area contributed by atoms with Crippen LogP contribution in [0.25, 0.3) is 11.0 Å². The monoisotopic (exact) mass is 349 g/mol. The summed E-state index contributed by atoms with van der Waals surface area (Å²) in [6.07, 6.45) is 2.08. The largest absolute Gasteiger partial charge is 0.451 e. The van der Waals surface area contributed by atoms with Crippen molar-refractivity contribution in [1.82, 2.24) is 5.32 Å². The van der Waals surface area contributed by atoms with Gasteiger partial charge in [-0.05, 0) is 50.1 Å². The Hall–Kier alpha value is -3.28. The lowest BCUT2D eigenvalue weighted by Gasteiger charge is -2.08. The van der Waals surface area contributed by atoms with Crippen LogP contribution >= 0.6 is 0 Å². The Bertz CT molecular complexity index is 972. The molecule has 2 aromatic carbocycles. The standard InChI is InChI=1S/C20H19N3O3/c1-12-16-4-2-3-5-17(16)26-18(12)19(24)21-13-6-8-14(9-7-13)22-20(25)23-15-10-11-15/h2-9,15H,10-11H2,1H3,(H,21,24)(H2,22,23,25). The quantitative estimate of drug-likeness (QED) is 0.657. The van der Waals surface area contributed by atoms with Crippen LogP contribution in [0, 0.1) is 6.92 Å². The van der Waals surface area contributed by atoms with Gasteiger partial charge in [0.25, 0.3) is 5.91 Å². The van der Waals surface area contributed by atoms with Crippen LogP contribution in [0.1, 0.15) is 29.0 Å². The van der Waals surface area contributed by atoms with Gasteiger partial charge >= 0.3 is 6.03 Å². The van der Waals surface area contributed by atoms with E-state index in [0.717, 1.165) is 23.8 Å². The molecule has 0 saturated heterocycles. The van der Waals surface area contributed by atoms with Gasteiger partial charge in [0.15, 0.2) is 5.76 Å². The molecule has 1 aliphatic carbocycles. The second-order valence-electron chi connectivity index (χ2n) is 6.46. The molecule has 3 N–H and O–H groups in total. The summed E-state index contributed by atoms with van der Waals surface area (Å²) in [5.41, 5.74) is 2.80. The van der Waals surface area contributed by atoms with Crippen LogP contribution in [0.4, 0.5) is 16.2 Å². The second kappa shape index (κ2) is 6.55. The molecule has 0 radical (unpaired) electrons. The number of hydrogen-bond acceptors (Lipinski definition) is 3. The summed E-state index contributed by atoms with van der Waals surface area (Å²) in [6.45, 7) is 1.87. The fraction of sp³-hybridized carbons (Fsp3) is 0.200. The van der Waals surface area contributed by atoms with Crippen LogP contribution < -0.4 is 16.0 Å². The molecule has 132 valence electrons. The highest BCUT2D eigenvalue weighted by Gasteiger charge is 2.23. The van der Waals surface area contributed by atoms with Gasteiger partial charge in [-0.2, -0.15) is 0 Å². The summed E-state index contributed by atoms with van der Waals surface area (Å²) in [4.78, 5) is 24.2. The van der Waals surface area contributed by atoms with Crippen molar-refractivity contribution in [2.45, 2.75) is 25.8 Å². The first-order chi connectivity index (χ1) is 12.6. The highest BCUT2D eigenvalue weighted by atomic mass is 16.3. The number of rotatable bonds is 4. The van der Waals surface area contributed by atoms with E-state index in [2.05, 4.69) is 16.0 Å². The highest BCUT2D eigenvalue weighted by molar-refractivity contribution is 6.06. The maximum absolute atomic E-state index is 12.5. The van der Waals surface area contributed by atoms with Gasteiger partial charge in [-0.1, -0.05) is 18.2 Å². The molecule has 1 fully saturated rings. The fourth-order valence-corrected chi connectivity index (χ4v) is 2.80. The molecule has 3 amide bonds. The number of carbonyl (C=O) groups is 2. The van der Waals surface area contributed by atoms with Crippen LogP contribution in [0.3, 0.4) is 0 Å². The number of anilines is 2. The van der Waals surface area contributed by atoms with E-state index in [1.165, 1.54) is 0 Å². The number of furan rings is 1. The summed E-state index contributed by atoms with van der Waals surface area (Å²) in [5.74, 6) is 0.00287. The summed E-state index contributed by atoms with van der Waals surface area (Å²) in [7, 11) is 0. The third-order valence-electron chi connectivity index (χ3n) is 4.36. The maximum Gasteiger partial charge on any atom is 0.319 e. The van der Waals surface area contributed by atoms with Crippen LogP contribution in [-0.2, 0) is 0 Å². The Kier molecular flexibility index (Phi) is 4.08. The van der Waals surface area contributed by atoms with Crippen molar-refractivity contribution < 1.29 is 14.0 Å². The number of aryl methyl sites for hydroxylation is 1. The van der Waals surface area contributed by atoms with Gasteiger partial charge in [0.05, 0.1) is 0 Å². The minimum atomic E-state index is -0.300. The number of fused-ring (bicyclic) bond motifs is 1. The van der Waals surface area contributed by atoms with Crippen molar-refractivity contribution in [2.24, 2.45) is 0 Å². The molecule has 0 unspecified atom stereocenters. The number of nitrogens with one attached hydrogen (secondary N) is 3. The van der Waals surface area contributed by atoms with E-state index >= 15 is 0 Å². The Morgan fingerprint density at radius 2 is 1.62 bits per heavy atom. The minimum Gasteiger partial charge on any atom is -0.451 e. The Morgan fingerprint density at radius 3 is 2.27 bits per heavy atom. The first kappa shape index (κ1) is 16.2. The Morgan fingerprint density at radius 1 is 0.962 bits per heavy atom. The van der Waals surface area contributed by atoms with E-state index < -0.39 is 0 Å². The molecule has 0 bridgehead atoms. The molecule has 3 aromatic rings. The molecular formula is C20H19N3O3. The third-order valence-corrected chi connectivity index (χ3v) is 4.36. The smallest absolute Gasteiger partial charge is 0.319 e. The van der Waals surface area contributed by atoms with E-state index in [4.69, 9.17) is 4.42 Å². The van der Waals surface area contributed by atoms with Gasteiger partial charge in [-0.3, -0.25) is 4.79 Å². The van der Waals surface area contributed by atoms with E-state index in [9.17, 15) is 9.59 Å². The predicted molar refractivity (Wildman–Crippen MR) is 101 cm³/mol. The summed E-state index contributed by atoms with van der Waals surface area (Å²) in [5, 5.41) is 9.38. The number of hydrogen-bond donors (Lipinski definition) is 3.